The van der Waals surface area contributed by atoms with Crippen LogP contribution in [0.2, 0.25) is 5.02 Å². The molecule has 0 radical (unpaired) electrons. The molecule has 1 saturated heterocycles. The summed E-state index contributed by atoms with van der Waals surface area (Å²) in [5.74, 6) is 0.953. The van der Waals surface area contributed by atoms with E-state index in [2.05, 4.69) is 50.2 Å². The first-order valence-corrected chi connectivity index (χ1v) is 11.5. The highest BCUT2D eigenvalue weighted by molar-refractivity contribution is 7.99. The molecule has 0 unspecified atom stereocenters. The van der Waals surface area contributed by atoms with Gasteiger partial charge in [-0.1, -0.05) is 41.6 Å². The Labute approximate surface area is 190 Å². The molecule has 1 aliphatic carbocycles. The van der Waals surface area contributed by atoms with Gasteiger partial charge in [0.1, 0.15) is 10.8 Å². The van der Waals surface area contributed by atoms with Crippen molar-refractivity contribution in [3.05, 3.63) is 58.4 Å². The predicted molar refractivity (Wildman–Crippen MR) is 123 cm³/mol. The molecular weight excluding hydrogens is 430 g/mol. The molecule has 3 aromatic rings. The smallest absolute Gasteiger partial charge is 0.245 e. The van der Waals surface area contributed by atoms with Crippen molar-refractivity contribution in [1.29, 1.82) is 0 Å². The second kappa shape index (κ2) is 7.93. The van der Waals surface area contributed by atoms with Gasteiger partial charge in [-0.25, -0.2) is 9.97 Å². The zero-order chi connectivity index (χ0) is 21.6. The molecule has 31 heavy (non-hydrogen) atoms. The molecule has 0 amide bonds. The van der Waals surface area contributed by atoms with Crippen LogP contribution in [-0.2, 0) is 6.42 Å². The number of aryl methyl sites for hydroxylation is 1. The normalized spacial score (nSPS) is 19.6. The Morgan fingerprint density at radius 3 is 2.68 bits per heavy atom. The highest BCUT2D eigenvalue weighted by atomic mass is 35.5. The fourth-order valence-electron chi connectivity index (χ4n) is 4.77. The maximum absolute atomic E-state index is 6.74. The Balaban J connectivity index is 1.26. The molecule has 3 heterocycles. The third kappa shape index (κ3) is 3.62. The van der Waals surface area contributed by atoms with Gasteiger partial charge in [0, 0.05) is 30.2 Å². The zero-order valence-electron chi connectivity index (χ0n) is 17.3. The molecule has 9 heteroatoms. The van der Waals surface area contributed by atoms with E-state index in [9.17, 15) is 0 Å². The number of rotatable bonds is 3. The summed E-state index contributed by atoms with van der Waals surface area (Å²) in [6, 6.07) is 8.40. The number of aromatic nitrogens is 4. The number of halogens is 1. The summed E-state index contributed by atoms with van der Waals surface area (Å²) in [6.07, 6.45) is 6.46. The number of piperidine rings is 1. The zero-order valence-corrected chi connectivity index (χ0v) is 18.8. The molecule has 1 spiro atoms. The summed E-state index contributed by atoms with van der Waals surface area (Å²) in [5.41, 5.74) is 16.8. The molecule has 4 N–H and O–H groups in total. The van der Waals surface area contributed by atoms with E-state index in [1.807, 2.05) is 0 Å². The lowest BCUT2D eigenvalue weighted by atomic mass is 9.73. The Kier molecular flexibility index (Phi) is 5.24. The van der Waals surface area contributed by atoms with Gasteiger partial charge in [0.05, 0.1) is 11.2 Å². The van der Waals surface area contributed by atoms with E-state index >= 15 is 0 Å². The SMILES string of the molecule is Cc1cccc2c1CC1(CCN(c3ncc(Sc4ccnc(N)c4Cl)nn3)CC1)[C@@H]2N. The quantitative estimate of drug-likeness (QED) is 0.616. The van der Waals surface area contributed by atoms with Crippen molar-refractivity contribution in [3.63, 3.8) is 0 Å². The molecule has 2 aromatic heterocycles. The van der Waals surface area contributed by atoms with E-state index in [-0.39, 0.29) is 11.5 Å². The Hall–Kier alpha value is -2.42. The van der Waals surface area contributed by atoms with Gasteiger partial charge in [0.25, 0.3) is 0 Å². The van der Waals surface area contributed by atoms with Crippen LogP contribution in [0.3, 0.4) is 0 Å². The number of benzene rings is 1. The van der Waals surface area contributed by atoms with E-state index in [4.69, 9.17) is 23.1 Å². The van der Waals surface area contributed by atoms with Crippen molar-refractivity contribution in [2.45, 2.75) is 42.1 Å². The lowest BCUT2D eigenvalue weighted by Gasteiger charge is -2.42. The summed E-state index contributed by atoms with van der Waals surface area (Å²) in [6.45, 7) is 3.94. The lowest BCUT2D eigenvalue weighted by molar-refractivity contribution is 0.186. The van der Waals surface area contributed by atoms with Gasteiger partial charge in [-0.3, -0.25) is 0 Å². The highest BCUT2D eigenvalue weighted by Gasteiger charge is 2.46. The molecule has 1 aliphatic heterocycles. The molecular formula is C22H24ClN7S. The largest absolute Gasteiger partial charge is 0.382 e. The van der Waals surface area contributed by atoms with E-state index in [0.29, 0.717) is 21.8 Å². The molecule has 2 aliphatic rings. The summed E-state index contributed by atoms with van der Waals surface area (Å²) >= 11 is 7.59. The van der Waals surface area contributed by atoms with Gasteiger partial charge in [-0.2, -0.15) is 0 Å². The molecule has 5 rings (SSSR count). The third-order valence-electron chi connectivity index (χ3n) is 6.64. The van der Waals surface area contributed by atoms with Crippen molar-refractivity contribution >= 4 is 35.1 Å². The molecule has 1 atom stereocenters. The van der Waals surface area contributed by atoms with Gasteiger partial charge in [-0.15, -0.1) is 10.2 Å². The summed E-state index contributed by atoms with van der Waals surface area (Å²) in [4.78, 5) is 11.5. The van der Waals surface area contributed by atoms with Crippen molar-refractivity contribution in [1.82, 2.24) is 20.2 Å². The van der Waals surface area contributed by atoms with Crippen LogP contribution >= 0.6 is 23.4 Å². The molecule has 0 bridgehead atoms. The van der Waals surface area contributed by atoms with Gasteiger partial charge < -0.3 is 16.4 Å². The van der Waals surface area contributed by atoms with E-state index < -0.39 is 0 Å². The van der Waals surface area contributed by atoms with Crippen LogP contribution in [0.25, 0.3) is 0 Å². The number of anilines is 2. The fraction of sp³-hybridized carbons (Fsp3) is 0.364. The Morgan fingerprint density at radius 1 is 1.16 bits per heavy atom. The van der Waals surface area contributed by atoms with E-state index in [1.165, 1.54) is 28.5 Å². The van der Waals surface area contributed by atoms with Crippen LogP contribution < -0.4 is 16.4 Å². The molecule has 160 valence electrons. The fourth-order valence-corrected chi connectivity index (χ4v) is 5.74. The second-order valence-corrected chi connectivity index (χ2v) is 9.79. The topological polar surface area (TPSA) is 107 Å². The first-order valence-electron chi connectivity index (χ1n) is 10.3. The molecule has 0 saturated carbocycles. The maximum Gasteiger partial charge on any atom is 0.245 e. The van der Waals surface area contributed by atoms with Gasteiger partial charge in [-0.05, 0) is 54.4 Å². The number of pyridine rings is 1. The van der Waals surface area contributed by atoms with Gasteiger partial charge in [0.2, 0.25) is 5.95 Å². The molecule has 1 fully saturated rings. The maximum atomic E-state index is 6.74. The minimum absolute atomic E-state index is 0.0971. The lowest BCUT2D eigenvalue weighted by Crippen LogP contribution is -2.45. The number of fused-ring (bicyclic) bond motifs is 1. The van der Waals surface area contributed by atoms with Crippen LogP contribution in [0.4, 0.5) is 11.8 Å². The first-order chi connectivity index (χ1) is 15.0. The van der Waals surface area contributed by atoms with E-state index in [0.717, 1.165) is 37.2 Å². The standard InChI is InChI=1S/C22H24ClN7S/c1-13-3-2-4-14-15(13)11-22(19(14)24)6-9-30(10-7-22)21-27-12-17(28-29-21)31-16-5-8-26-20(25)18(16)23/h2-5,8,12,19H,6-7,9-11,24H2,1H3,(H2,25,26)/t19-/m1/s1. The average molecular weight is 454 g/mol. The number of nitrogens with zero attached hydrogens (tertiary/aromatic N) is 5. The van der Waals surface area contributed by atoms with E-state index in [1.54, 1.807) is 18.5 Å². The van der Waals surface area contributed by atoms with Crippen LogP contribution in [0.5, 0.6) is 0 Å². The molecule has 7 nitrogen and oxygen atoms in total. The minimum Gasteiger partial charge on any atom is -0.382 e. The summed E-state index contributed by atoms with van der Waals surface area (Å²) < 4.78 is 0. The number of nitrogens with two attached hydrogens (primary N) is 2. The average Bonchev–Trinajstić information content (AvgIpc) is 3.06. The first kappa shape index (κ1) is 20.5. The summed E-state index contributed by atoms with van der Waals surface area (Å²) in [7, 11) is 0. The monoisotopic (exact) mass is 453 g/mol. The molecule has 1 aromatic carbocycles. The number of hydrogen-bond acceptors (Lipinski definition) is 8. The predicted octanol–water partition coefficient (Wildman–Crippen LogP) is 3.80. The minimum atomic E-state index is 0.0971. The summed E-state index contributed by atoms with van der Waals surface area (Å²) in [5, 5.41) is 9.77. The van der Waals surface area contributed by atoms with Crippen LogP contribution in [0.15, 0.2) is 46.6 Å². The number of nitrogen functional groups attached to an aromatic ring is 1. The van der Waals surface area contributed by atoms with Crippen LogP contribution in [-0.4, -0.2) is 33.3 Å². The van der Waals surface area contributed by atoms with Crippen molar-refractivity contribution in [2.24, 2.45) is 11.1 Å². The van der Waals surface area contributed by atoms with Gasteiger partial charge >= 0.3 is 0 Å². The van der Waals surface area contributed by atoms with Gasteiger partial charge in [0.15, 0.2) is 0 Å². The third-order valence-corrected chi connectivity index (χ3v) is 8.10. The number of hydrogen-bond donors (Lipinski definition) is 2. The van der Waals surface area contributed by atoms with Crippen molar-refractivity contribution < 1.29 is 0 Å². The Bertz CT molecular complexity index is 1110. The van der Waals surface area contributed by atoms with Crippen LogP contribution in [0, 0.1) is 12.3 Å². The second-order valence-electron chi connectivity index (χ2n) is 8.35. The Morgan fingerprint density at radius 2 is 1.97 bits per heavy atom. The van der Waals surface area contributed by atoms with Crippen molar-refractivity contribution in [3.8, 4) is 0 Å². The van der Waals surface area contributed by atoms with Crippen molar-refractivity contribution in [2.75, 3.05) is 23.7 Å². The highest BCUT2D eigenvalue weighted by Crippen LogP contribution is 2.51. The van der Waals surface area contributed by atoms with Crippen LogP contribution in [0.1, 0.15) is 35.6 Å².